The lowest BCUT2D eigenvalue weighted by Gasteiger charge is -2.29. The van der Waals surface area contributed by atoms with Crippen LogP contribution in [0.3, 0.4) is 0 Å². The fourth-order valence-electron chi connectivity index (χ4n) is 4.68. The zero-order valence-electron chi connectivity index (χ0n) is 12.8. The minimum atomic E-state index is -0.889. The maximum absolute atomic E-state index is 10.7. The molecule has 0 radical (unpaired) electrons. The fraction of sp³-hybridized carbons (Fsp3) is 0.611. The van der Waals surface area contributed by atoms with Crippen molar-refractivity contribution in [2.24, 2.45) is 0 Å². The Hall–Kier alpha value is -1.55. The Morgan fingerprint density at radius 3 is 2.64 bits per heavy atom. The average Bonchev–Trinajstić information content (AvgIpc) is 3.07. The van der Waals surface area contributed by atoms with Gasteiger partial charge in [-0.2, -0.15) is 0 Å². The lowest BCUT2D eigenvalue weighted by Crippen LogP contribution is -2.43. The molecule has 118 valence electrons. The van der Waals surface area contributed by atoms with Gasteiger partial charge in [0.25, 0.3) is 0 Å². The van der Waals surface area contributed by atoms with Crippen LogP contribution < -0.4 is 10.6 Å². The molecule has 0 heterocycles. The van der Waals surface area contributed by atoms with Crippen LogP contribution in [0.25, 0.3) is 0 Å². The van der Waals surface area contributed by atoms with Crippen LogP contribution in [0.2, 0.25) is 0 Å². The Morgan fingerprint density at radius 2 is 1.86 bits per heavy atom. The van der Waals surface area contributed by atoms with Crippen molar-refractivity contribution < 1.29 is 9.90 Å². The Bertz CT molecular complexity index is 580. The second-order valence-electron chi connectivity index (χ2n) is 7.23. The average molecular weight is 300 g/mol. The van der Waals surface area contributed by atoms with Crippen LogP contribution >= 0.6 is 0 Å². The van der Waals surface area contributed by atoms with Gasteiger partial charge >= 0.3 is 6.09 Å². The third-order valence-corrected chi connectivity index (χ3v) is 5.96. The number of hydrogen-bond acceptors (Lipinski definition) is 2. The van der Waals surface area contributed by atoms with E-state index in [0.29, 0.717) is 17.5 Å². The molecule has 0 unspecified atom stereocenters. The molecule has 3 aliphatic rings. The summed E-state index contributed by atoms with van der Waals surface area (Å²) in [6, 6.07) is 10.3. The molecular weight excluding hydrogens is 276 g/mol. The van der Waals surface area contributed by atoms with Crippen molar-refractivity contribution in [1.82, 2.24) is 10.6 Å². The van der Waals surface area contributed by atoms with Crippen LogP contribution in [0.15, 0.2) is 24.3 Å². The van der Waals surface area contributed by atoms with Gasteiger partial charge in [-0.25, -0.2) is 4.79 Å². The van der Waals surface area contributed by atoms with E-state index in [4.69, 9.17) is 5.11 Å². The molecule has 2 saturated carbocycles. The summed E-state index contributed by atoms with van der Waals surface area (Å²) in [7, 11) is 0. The summed E-state index contributed by atoms with van der Waals surface area (Å²) in [6.45, 7) is 0. The Morgan fingerprint density at radius 1 is 1.14 bits per heavy atom. The van der Waals surface area contributed by atoms with Crippen molar-refractivity contribution in [2.75, 3.05) is 0 Å². The molecule has 2 fully saturated rings. The number of carbonyl (C=O) groups is 1. The molecule has 1 spiro atoms. The number of amides is 1. The van der Waals surface area contributed by atoms with Gasteiger partial charge in [0.1, 0.15) is 0 Å². The van der Waals surface area contributed by atoms with Gasteiger partial charge in [0.15, 0.2) is 0 Å². The number of nitrogens with one attached hydrogen (secondary N) is 2. The first-order valence-corrected chi connectivity index (χ1v) is 8.51. The fourth-order valence-corrected chi connectivity index (χ4v) is 4.68. The highest BCUT2D eigenvalue weighted by Gasteiger charge is 2.58. The number of fused-ring (bicyclic) bond motifs is 2. The van der Waals surface area contributed by atoms with E-state index in [0.717, 1.165) is 25.7 Å². The molecule has 3 aliphatic carbocycles. The van der Waals surface area contributed by atoms with Gasteiger partial charge in [-0.1, -0.05) is 24.3 Å². The number of benzene rings is 1. The SMILES string of the molecule is O=C(O)NC1CCC(N[C@@H]2C[C@@]23CCc2ccccc23)CC1. The molecule has 1 aromatic rings. The summed E-state index contributed by atoms with van der Waals surface area (Å²) >= 11 is 0. The molecule has 0 aliphatic heterocycles. The molecule has 4 rings (SSSR count). The Balaban J connectivity index is 1.33. The first-order valence-electron chi connectivity index (χ1n) is 8.51. The minimum absolute atomic E-state index is 0.149. The molecule has 4 heteroatoms. The van der Waals surface area contributed by atoms with Crippen LogP contribution in [0.4, 0.5) is 4.79 Å². The maximum atomic E-state index is 10.7. The van der Waals surface area contributed by atoms with Crippen LogP contribution in [0, 0.1) is 0 Å². The van der Waals surface area contributed by atoms with E-state index in [1.807, 2.05) is 0 Å². The highest BCUT2D eigenvalue weighted by atomic mass is 16.4. The number of hydrogen-bond donors (Lipinski definition) is 3. The quantitative estimate of drug-likeness (QED) is 0.804. The van der Waals surface area contributed by atoms with Crippen molar-refractivity contribution >= 4 is 6.09 Å². The lowest BCUT2D eigenvalue weighted by atomic mass is 9.90. The topological polar surface area (TPSA) is 61.4 Å². The lowest BCUT2D eigenvalue weighted by molar-refractivity contribution is 0.183. The van der Waals surface area contributed by atoms with Crippen molar-refractivity contribution in [3.63, 3.8) is 0 Å². The molecule has 22 heavy (non-hydrogen) atoms. The second kappa shape index (κ2) is 5.27. The predicted octanol–water partition coefficient (Wildman–Crippen LogP) is 2.81. The number of aryl methyl sites for hydroxylation is 1. The van der Waals surface area contributed by atoms with Crippen LogP contribution in [0.5, 0.6) is 0 Å². The maximum Gasteiger partial charge on any atom is 0.404 e. The van der Waals surface area contributed by atoms with Crippen LogP contribution in [-0.2, 0) is 11.8 Å². The van der Waals surface area contributed by atoms with Gasteiger partial charge in [-0.3, -0.25) is 0 Å². The van der Waals surface area contributed by atoms with Gasteiger partial charge in [-0.15, -0.1) is 0 Å². The first kappa shape index (κ1) is 14.1. The zero-order valence-corrected chi connectivity index (χ0v) is 12.8. The first-order chi connectivity index (χ1) is 10.7. The van der Waals surface area contributed by atoms with Gasteiger partial charge in [0.2, 0.25) is 0 Å². The molecule has 0 bridgehead atoms. The van der Waals surface area contributed by atoms with Gasteiger partial charge in [0, 0.05) is 23.5 Å². The zero-order chi connectivity index (χ0) is 15.2. The number of carboxylic acid groups (broad SMARTS) is 1. The standard InChI is InChI=1S/C18H24N2O2/c21-17(22)20-14-7-5-13(6-8-14)19-16-11-18(16)10-9-12-3-1-2-4-15(12)18/h1-4,13-14,16,19-20H,5-11H2,(H,21,22)/t13?,14?,16-,18-/m1/s1. The predicted molar refractivity (Wildman–Crippen MR) is 85.2 cm³/mol. The molecule has 4 nitrogen and oxygen atoms in total. The van der Waals surface area contributed by atoms with E-state index in [2.05, 4.69) is 34.9 Å². The summed E-state index contributed by atoms with van der Waals surface area (Å²) in [5.74, 6) is 0. The molecule has 2 atom stereocenters. The third-order valence-electron chi connectivity index (χ3n) is 5.96. The van der Waals surface area contributed by atoms with E-state index in [-0.39, 0.29) is 6.04 Å². The van der Waals surface area contributed by atoms with Crippen LogP contribution in [-0.4, -0.2) is 29.3 Å². The van der Waals surface area contributed by atoms with Gasteiger partial charge < -0.3 is 15.7 Å². The highest BCUT2D eigenvalue weighted by molar-refractivity contribution is 5.64. The molecule has 0 aromatic heterocycles. The van der Waals surface area contributed by atoms with E-state index < -0.39 is 6.09 Å². The van der Waals surface area contributed by atoms with Crippen molar-refractivity contribution in [3.8, 4) is 0 Å². The summed E-state index contributed by atoms with van der Waals surface area (Å²) in [5.41, 5.74) is 3.53. The molecular formula is C18H24N2O2. The molecule has 1 amide bonds. The second-order valence-corrected chi connectivity index (χ2v) is 7.23. The van der Waals surface area contributed by atoms with E-state index in [9.17, 15) is 4.79 Å². The third kappa shape index (κ3) is 2.39. The monoisotopic (exact) mass is 300 g/mol. The smallest absolute Gasteiger partial charge is 0.404 e. The Labute approximate surface area is 131 Å². The Kier molecular flexibility index (Phi) is 3.37. The number of rotatable bonds is 3. The summed E-state index contributed by atoms with van der Waals surface area (Å²) in [4.78, 5) is 10.7. The minimum Gasteiger partial charge on any atom is -0.465 e. The van der Waals surface area contributed by atoms with E-state index >= 15 is 0 Å². The molecule has 0 saturated heterocycles. The van der Waals surface area contributed by atoms with Crippen molar-refractivity contribution in [3.05, 3.63) is 35.4 Å². The van der Waals surface area contributed by atoms with E-state index in [1.54, 1.807) is 11.1 Å². The largest absolute Gasteiger partial charge is 0.465 e. The molecule has 1 aromatic carbocycles. The van der Waals surface area contributed by atoms with Gasteiger partial charge in [-0.05, 0) is 56.1 Å². The summed E-state index contributed by atoms with van der Waals surface area (Å²) in [5, 5.41) is 15.3. The molecule has 3 N–H and O–H groups in total. The summed E-state index contributed by atoms with van der Waals surface area (Å²) in [6.07, 6.45) is 6.99. The van der Waals surface area contributed by atoms with Crippen molar-refractivity contribution in [2.45, 2.75) is 68.5 Å². The van der Waals surface area contributed by atoms with Crippen molar-refractivity contribution in [1.29, 1.82) is 0 Å². The highest BCUT2D eigenvalue weighted by Crippen LogP contribution is 2.57. The van der Waals surface area contributed by atoms with Gasteiger partial charge in [0.05, 0.1) is 0 Å². The summed E-state index contributed by atoms with van der Waals surface area (Å²) < 4.78 is 0. The van der Waals surface area contributed by atoms with Crippen LogP contribution in [0.1, 0.15) is 49.7 Å². The van der Waals surface area contributed by atoms with E-state index in [1.165, 1.54) is 19.3 Å². The normalized spacial score (nSPS) is 36.1.